The van der Waals surface area contributed by atoms with Gasteiger partial charge in [-0.25, -0.2) is 17.2 Å². The zero-order valence-electron chi connectivity index (χ0n) is 26.6. The van der Waals surface area contributed by atoms with Crippen LogP contribution in [0.15, 0.2) is 110 Å². The molecule has 6 nitrogen and oxygen atoms in total. The van der Waals surface area contributed by atoms with Crippen molar-refractivity contribution in [2.24, 2.45) is 0 Å². The van der Waals surface area contributed by atoms with E-state index in [1.165, 1.54) is 24.3 Å². The number of hydrogen-bond acceptors (Lipinski definition) is 6. The number of halogens is 2. The van der Waals surface area contributed by atoms with Gasteiger partial charge in [-0.3, -0.25) is 9.97 Å². The van der Waals surface area contributed by atoms with Crippen LogP contribution < -0.4 is 0 Å². The molecule has 6 rings (SSSR count). The van der Waals surface area contributed by atoms with E-state index in [0.29, 0.717) is 33.4 Å². The summed E-state index contributed by atoms with van der Waals surface area (Å²) < 4.78 is 57.4. The highest BCUT2D eigenvalue weighted by molar-refractivity contribution is 7.89. The molecule has 0 atom stereocenters. The standard InChI is InChI=1S/C40H28F2N4O2S/c1-25-15-27(3-7-31(25)19-43)35-11-13-45-21-37(35)29-5-9-33(39(41)17-29)23-49(47,48)24-34-10-6-30(18-40(34)42)38-22-46-14-12-36(38)28-4-8-32(20-44)26(2)16-28/h3-18,21-22H,23-24H2,1-2H3. The Morgan fingerprint density at radius 3 is 1.33 bits per heavy atom. The predicted molar refractivity (Wildman–Crippen MR) is 185 cm³/mol. The van der Waals surface area contributed by atoms with Crippen LogP contribution in [0.4, 0.5) is 8.78 Å². The number of pyridine rings is 2. The maximum absolute atomic E-state index is 15.5. The van der Waals surface area contributed by atoms with Crippen molar-refractivity contribution in [1.82, 2.24) is 9.97 Å². The van der Waals surface area contributed by atoms with E-state index in [-0.39, 0.29) is 11.1 Å². The van der Waals surface area contributed by atoms with E-state index in [0.717, 1.165) is 33.4 Å². The summed E-state index contributed by atoms with van der Waals surface area (Å²) in [4.78, 5) is 8.41. The molecule has 0 spiro atoms. The molecule has 49 heavy (non-hydrogen) atoms. The quantitative estimate of drug-likeness (QED) is 0.161. The van der Waals surface area contributed by atoms with Crippen LogP contribution in [0.2, 0.25) is 0 Å². The normalized spacial score (nSPS) is 11.1. The molecule has 0 N–H and O–H groups in total. The van der Waals surface area contributed by atoms with Gasteiger partial charge < -0.3 is 0 Å². The van der Waals surface area contributed by atoms with Crippen molar-refractivity contribution in [3.63, 3.8) is 0 Å². The fourth-order valence-corrected chi connectivity index (χ4v) is 7.37. The van der Waals surface area contributed by atoms with Gasteiger partial charge in [-0.2, -0.15) is 10.5 Å². The van der Waals surface area contributed by atoms with Gasteiger partial charge in [0.25, 0.3) is 0 Å². The van der Waals surface area contributed by atoms with Crippen molar-refractivity contribution in [3.05, 3.63) is 155 Å². The molecule has 0 saturated carbocycles. The van der Waals surface area contributed by atoms with Crippen LogP contribution in [0.1, 0.15) is 33.4 Å². The van der Waals surface area contributed by atoms with Gasteiger partial charge in [-0.15, -0.1) is 0 Å². The second-order valence-corrected chi connectivity index (χ2v) is 13.8. The van der Waals surface area contributed by atoms with Gasteiger partial charge in [0, 0.05) is 47.0 Å². The lowest BCUT2D eigenvalue weighted by Gasteiger charge is -2.13. The molecule has 2 heterocycles. The first-order valence-corrected chi connectivity index (χ1v) is 17.1. The van der Waals surface area contributed by atoms with Crippen molar-refractivity contribution >= 4 is 9.84 Å². The van der Waals surface area contributed by atoms with Crippen LogP contribution in [0.5, 0.6) is 0 Å². The van der Waals surface area contributed by atoms with Crippen LogP contribution in [-0.2, 0) is 21.3 Å². The van der Waals surface area contributed by atoms with Crippen molar-refractivity contribution in [3.8, 4) is 56.6 Å². The Morgan fingerprint density at radius 2 is 0.959 bits per heavy atom. The summed E-state index contributed by atoms with van der Waals surface area (Å²) in [6.45, 7) is 3.68. The number of nitriles is 2. The molecule has 0 unspecified atom stereocenters. The number of sulfone groups is 1. The molecule has 0 amide bonds. The lowest BCUT2D eigenvalue weighted by atomic mass is 9.94. The third-order valence-corrected chi connectivity index (χ3v) is 9.94. The minimum Gasteiger partial charge on any atom is -0.264 e. The molecular formula is C40H28F2N4O2S. The van der Waals surface area contributed by atoms with Crippen LogP contribution in [0.3, 0.4) is 0 Å². The molecule has 6 aromatic rings. The first-order chi connectivity index (χ1) is 23.6. The van der Waals surface area contributed by atoms with Crippen LogP contribution in [-0.4, -0.2) is 18.4 Å². The fraction of sp³-hybridized carbons (Fsp3) is 0.100. The molecule has 2 aromatic heterocycles. The van der Waals surface area contributed by atoms with Gasteiger partial charge in [-0.1, -0.05) is 48.5 Å². The molecule has 0 saturated heterocycles. The summed E-state index contributed by atoms with van der Waals surface area (Å²) in [6, 6.07) is 27.5. The molecule has 4 aromatic carbocycles. The fourth-order valence-electron chi connectivity index (χ4n) is 5.85. The largest absolute Gasteiger partial charge is 0.264 e. The summed E-state index contributed by atoms with van der Waals surface area (Å²) in [5, 5.41) is 18.6. The average Bonchev–Trinajstić information content (AvgIpc) is 3.10. The Balaban J connectivity index is 1.22. The Hall–Kier alpha value is -6.03. The van der Waals surface area contributed by atoms with Crippen LogP contribution >= 0.6 is 0 Å². The molecule has 0 aliphatic heterocycles. The van der Waals surface area contributed by atoms with Crippen molar-refractivity contribution in [2.75, 3.05) is 0 Å². The Morgan fingerprint density at radius 1 is 0.571 bits per heavy atom. The van der Waals surface area contributed by atoms with E-state index in [1.54, 1.807) is 61.2 Å². The number of aryl methyl sites for hydroxylation is 2. The van der Waals surface area contributed by atoms with Crippen LogP contribution in [0, 0.1) is 48.1 Å². The lowest BCUT2D eigenvalue weighted by Crippen LogP contribution is -2.10. The van der Waals surface area contributed by atoms with Gasteiger partial charge in [0.1, 0.15) is 11.6 Å². The monoisotopic (exact) mass is 666 g/mol. The number of nitrogens with zero attached hydrogens (tertiary/aromatic N) is 4. The smallest absolute Gasteiger partial charge is 0.158 e. The first kappa shape index (κ1) is 32.9. The zero-order valence-corrected chi connectivity index (χ0v) is 27.4. The minimum atomic E-state index is -3.97. The van der Waals surface area contributed by atoms with Gasteiger partial charge >= 0.3 is 0 Å². The summed E-state index contributed by atoms with van der Waals surface area (Å²) >= 11 is 0. The Kier molecular flexibility index (Phi) is 9.13. The lowest BCUT2D eigenvalue weighted by molar-refractivity contribution is 0.581. The second-order valence-electron chi connectivity index (χ2n) is 11.8. The highest BCUT2D eigenvalue weighted by Gasteiger charge is 2.20. The Labute approximate surface area is 283 Å². The first-order valence-electron chi connectivity index (χ1n) is 15.2. The predicted octanol–water partition coefficient (Wildman–Crippen LogP) is 8.90. The highest BCUT2D eigenvalue weighted by Crippen LogP contribution is 2.35. The average molecular weight is 667 g/mol. The van der Waals surface area contributed by atoms with E-state index < -0.39 is 33.0 Å². The van der Waals surface area contributed by atoms with Crippen molar-refractivity contribution in [2.45, 2.75) is 25.4 Å². The van der Waals surface area contributed by atoms with E-state index >= 15 is 8.78 Å². The van der Waals surface area contributed by atoms with E-state index in [4.69, 9.17) is 0 Å². The molecule has 0 aliphatic rings. The molecule has 240 valence electrons. The minimum absolute atomic E-state index is 0.0295. The molecule has 0 aliphatic carbocycles. The van der Waals surface area contributed by atoms with Gasteiger partial charge in [0.2, 0.25) is 0 Å². The topological polar surface area (TPSA) is 108 Å². The van der Waals surface area contributed by atoms with E-state index in [9.17, 15) is 18.9 Å². The van der Waals surface area contributed by atoms with E-state index in [1.807, 2.05) is 38.1 Å². The van der Waals surface area contributed by atoms with Crippen molar-refractivity contribution in [1.29, 1.82) is 10.5 Å². The summed E-state index contributed by atoms with van der Waals surface area (Å²) in [7, 11) is -3.97. The number of rotatable bonds is 8. The number of aromatic nitrogens is 2. The molecule has 0 bridgehead atoms. The summed E-state index contributed by atoms with van der Waals surface area (Å²) in [5.41, 5.74) is 8.22. The number of benzene rings is 4. The summed E-state index contributed by atoms with van der Waals surface area (Å²) in [6.07, 6.45) is 6.48. The Bertz CT molecular complexity index is 2280. The maximum Gasteiger partial charge on any atom is 0.158 e. The van der Waals surface area contributed by atoms with Gasteiger partial charge in [-0.05, 0) is 94.8 Å². The third kappa shape index (κ3) is 6.99. The second kappa shape index (κ2) is 13.6. The third-order valence-electron chi connectivity index (χ3n) is 8.44. The molecule has 0 fully saturated rings. The maximum atomic E-state index is 15.5. The highest BCUT2D eigenvalue weighted by atomic mass is 32.2. The van der Waals surface area contributed by atoms with Crippen molar-refractivity contribution < 1.29 is 17.2 Å². The summed E-state index contributed by atoms with van der Waals surface area (Å²) in [5.74, 6) is -2.63. The molecule has 0 radical (unpaired) electrons. The van der Waals surface area contributed by atoms with Gasteiger partial charge in [0.05, 0.1) is 34.8 Å². The zero-order chi connectivity index (χ0) is 34.7. The van der Waals surface area contributed by atoms with E-state index in [2.05, 4.69) is 22.1 Å². The van der Waals surface area contributed by atoms with Gasteiger partial charge in [0.15, 0.2) is 9.84 Å². The molecule has 9 heteroatoms. The number of hydrogen-bond donors (Lipinski definition) is 0. The SMILES string of the molecule is Cc1cc(-c2ccncc2-c2ccc(CS(=O)(=O)Cc3ccc(-c4cnccc4-c4ccc(C#N)c(C)c4)cc3F)c(F)c2)ccc1C#N. The van der Waals surface area contributed by atoms with Crippen LogP contribution in [0.25, 0.3) is 44.5 Å². The molecular weight excluding hydrogens is 639 g/mol.